The van der Waals surface area contributed by atoms with Gasteiger partial charge < -0.3 is 9.88 Å². The van der Waals surface area contributed by atoms with Crippen molar-refractivity contribution < 1.29 is 13.2 Å². The maximum Gasteiger partial charge on any atom is 0.451 e. The summed E-state index contributed by atoms with van der Waals surface area (Å²) in [7, 11) is 0. The van der Waals surface area contributed by atoms with Crippen LogP contribution in [0.25, 0.3) is 0 Å². The Labute approximate surface area is 109 Å². The first-order valence-corrected chi connectivity index (χ1v) is 6.05. The molecule has 0 spiro atoms. The maximum atomic E-state index is 12.6. The van der Waals surface area contributed by atoms with Crippen LogP contribution in [0.1, 0.15) is 11.6 Å². The number of nitrogens with one attached hydrogen (secondary N) is 1. The van der Waals surface area contributed by atoms with Crippen molar-refractivity contribution in [3.63, 3.8) is 0 Å². The molecule has 8 heteroatoms. The predicted molar refractivity (Wildman–Crippen MR) is 63.4 cm³/mol. The van der Waals surface area contributed by atoms with Gasteiger partial charge in [-0.15, -0.1) is 16.8 Å². The Hall–Kier alpha value is -1.41. The number of hydrogen-bond acceptors (Lipinski definition) is 4. The third-order valence-electron chi connectivity index (χ3n) is 2.98. The predicted octanol–water partition coefficient (Wildman–Crippen LogP) is 0.888. The molecule has 0 amide bonds. The summed E-state index contributed by atoms with van der Waals surface area (Å²) in [5.41, 5.74) is 0. The Morgan fingerprint density at radius 3 is 2.79 bits per heavy atom. The van der Waals surface area contributed by atoms with Crippen molar-refractivity contribution in [1.82, 2.24) is 25.0 Å². The van der Waals surface area contributed by atoms with E-state index in [0.29, 0.717) is 18.9 Å². The lowest BCUT2D eigenvalue weighted by Crippen LogP contribution is -2.39. The largest absolute Gasteiger partial charge is 0.451 e. The maximum absolute atomic E-state index is 12.6. The molecular weight excluding hydrogens is 259 g/mol. The zero-order valence-electron chi connectivity index (χ0n) is 10.4. The Morgan fingerprint density at radius 2 is 2.11 bits per heavy atom. The summed E-state index contributed by atoms with van der Waals surface area (Å²) in [6, 6.07) is 0. The quantitative estimate of drug-likeness (QED) is 0.640. The smallest absolute Gasteiger partial charge is 0.312 e. The van der Waals surface area contributed by atoms with Gasteiger partial charge in [0.15, 0.2) is 0 Å². The van der Waals surface area contributed by atoms with Gasteiger partial charge in [0, 0.05) is 32.7 Å². The number of aromatic nitrogens is 3. The summed E-state index contributed by atoms with van der Waals surface area (Å²) < 4.78 is 39.1. The number of fused-ring (bicyclic) bond motifs is 1. The van der Waals surface area contributed by atoms with Crippen molar-refractivity contribution in [1.29, 1.82) is 0 Å². The topological polar surface area (TPSA) is 46.0 Å². The lowest BCUT2D eigenvalue weighted by Gasteiger charge is -2.27. The molecule has 0 aromatic carbocycles. The van der Waals surface area contributed by atoms with Crippen molar-refractivity contribution in [3.05, 3.63) is 24.3 Å². The number of nitrogens with zero attached hydrogens (tertiary/aromatic N) is 4. The van der Waals surface area contributed by atoms with Crippen molar-refractivity contribution in [2.45, 2.75) is 19.3 Å². The number of alkyl halides is 3. The fourth-order valence-corrected chi connectivity index (χ4v) is 2.05. The summed E-state index contributed by atoms with van der Waals surface area (Å²) >= 11 is 0. The van der Waals surface area contributed by atoms with Gasteiger partial charge in [0.05, 0.1) is 6.54 Å². The summed E-state index contributed by atoms with van der Waals surface area (Å²) in [4.78, 5) is 2.06. The van der Waals surface area contributed by atoms with E-state index in [1.807, 2.05) is 0 Å². The van der Waals surface area contributed by atoms with Crippen LogP contribution in [0, 0.1) is 0 Å². The first kappa shape index (κ1) is 14.0. The Balaban J connectivity index is 1.94. The zero-order chi connectivity index (χ0) is 13.9. The highest BCUT2D eigenvalue weighted by Crippen LogP contribution is 2.29. The van der Waals surface area contributed by atoms with Gasteiger partial charge >= 0.3 is 6.18 Å². The number of hydrogen-bond donors (Lipinski definition) is 1. The lowest BCUT2D eigenvalue weighted by atomic mass is 10.3. The minimum absolute atomic E-state index is 0.276. The van der Waals surface area contributed by atoms with E-state index in [-0.39, 0.29) is 6.54 Å². The van der Waals surface area contributed by atoms with E-state index in [2.05, 4.69) is 27.0 Å². The number of rotatable bonds is 5. The standard InChI is InChI=1S/C11H16F3N5/c1-2-3-15-4-5-18-6-7-19-9(8-18)16-17-10(19)11(12,13)14/h2,15H,1,3-8H2. The van der Waals surface area contributed by atoms with Gasteiger partial charge in [0.25, 0.3) is 0 Å². The van der Waals surface area contributed by atoms with E-state index in [1.165, 1.54) is 0 Å². The average Bonchev–Trinajstić information content (AvgIpc) is 2.77. The monoisotopic (exact) mass is 275 g/mol. The Bertz CT molecular complexity index is 440. The first-order chi connectivity index (χ1) is 9.02. The van der Waals surface area contributed by atoms with Crippen molar-refractivity contribution >= 4 is 0 Å². The highest BCUT2D eigenvalue weighted by molar-refractivity contribution is 5.02. The van der Waals surface area contributed by atoms with E-state index in [9.17, 15) is 13.2 Å². The second kappa shape index (κ2) is 5.70. The minimum atomic E-state index is -4.43. The molecule has 0 aliphatic carbocycles. The van der Waals surface area contributed by atoms with Crippen LogP contribution < -0.4 is 5.32 Å². The molecule has 0 bridgehead atoms. The molecule has 106 valence electrons. The number of halogens is 3. The molecule has 1 aliphatic heterocycles. The van der Waals surface area contributed by atoms with Crippen molar-refractivity contribution in [2.75, 3.05) is 26.2 Å². The zero-order valence-corrected chi connectivity index (χ0v) is 10.4. The van der Waals surface area contributed by atoms with E-state index in [0.717, 1.165) is 24.2 Å². The second-order valence-electron chi connectivity index (χ2n) is 4.36. The molecule has 0 unspecified atom stereocenters. The van der Waals surface area contributed by atoms with Crippen LogP contribution in [0.5, 0.6) is 0 Å². The fraction of sp³-hybridized carbons (Fsp3) is 0.636. The van der Waals surface area contributed by atoms with Gasteiger partial charge in [0.1, 0.15) is 5.82 Å². The molecule has 1 aromatic rings. The van der Waals surface area contributed by atoms with Crippen LogP contribution in [-0.4, -0.2) is 45.8 Å². The molecular formula is C11H16F3N5. The molecule has 2 heterocycles. The van der Waals surface area contributed by atoms with Crippen LogP contribution in [0.3, 0.4) is 0 Å². The molecule has 0 radical (unpaired) electrons. The van der Waals surface area contributed by atoms with Gasteiger partial charge in [-0.25, -0.2) is 0 Å². The van der Waals surface area contributed by atoms with Gasteiger partial charge in [-0.1, -0.05) is 6.08 Å². The van der Waals surface area contributed by atoms with E-state index in [1.54, 1.807) is 6.08 Å². The van der Waals surface area contributed by atoms with Crippen LogP contribution in [0.15, 0.2) is 12.7 Å². The van der Waals surface area contributed by atoms with E-state index < -0.39 is 12.0 Å². The molecule has 1 N–H and O–H groups in total. The first-order valence-electron chi connectivity index (χ1n) is 6.05. The Kier molecular flexibility index (Phi) is 4.20. The van der Waals surface area contributed by atoms with Gasteiger partial charge in [-0.2, -0.15) is 13.2 Å². The molecule has 19 heavy (non-hydrogen) atoms. The average molecular weight is 275 g/mol. The lowest BCUT2D eigenvalue weighted by molar-refractivity contribution is -0.148. The normalized spacial score (nSPS) is 16.4. The Morgan fingerprint density at radius 1 is 1.32 bits per heavy atom. The SMILES string of the molecule is C=CCNCCN1CCn2c(nnc2C(F)(F)F)C1. The van der Waals surface area contributed by atoms with Gasteiger partial charge in [0.2, 0.25) is 5.82 Å². The summed E-state index contributed by atoms with van der Waals surface area (Å²) in [5, 5.41) is 10.0. The van der Waals surface area contributed by atoms with E-state index in [4.69, 9.17) is 0 Å². The summed E-state index contributed by atoms with van der Waals surface area (Å²) in [5.74, 6) is -0.519. The van der Waals surface area contributed by atoms with Crippen LogP contribution in [0.4, 0.5) is 13.2 Å². The highest BCUT2D eigenvalue weighted by atomic mass is 19.4. The van der Waals surface area contributed by atoms with Crippen LogP contribution >= 0.6 is 0 Å². The van der Waals surface area contributed by atoms with Crippen molar-refractivity contribution in [2.24, 2.45) is 0 Å². The molecule has 1 aliphatic rings. The molecule has 1 aromatic heterocycles. The third-order valence-corrected chi connectivity index (χ3v) is 2.98. The minimum Gasteiger partial charge on any atom is -0.312 e. The molecule has 2 rings (SSSR count). The molecule has 0 saturated carbocycles. The molecule has 0 saturated heterocycles. The van der Waals surface area contributed by atoms with Crippen LogP contribution in [0.2, 0.25) is 0 Å². The highest BCUT2D eigenvalue weighted by Gasteiger charge is 2.39. The second-order valence-corrected chi connectivity index (χ2v) is 4.36. The van der Waals surface area contributed by atoms with E-state index >= 15 is 0 Å². The molecule has 0 fully saturated rings. The third kappa shape index (κ3) is 3.32. The van der Waals surface area contributed by atoms with Crippen LogP contribution in [-0.2, 0) is 19.3 Å². The summed E-state index contributed by atoms with van der Waals surface area (Å²) in [6.45, 7) is 7.11. The molecule has 0 atom stereocenters. The fourth-order valence-electron chi connectivity index (χ4n) is 2.05. The summed E-state index contributed by atoms with van der Waals surface area (Å²) in [6.07, 6.45) is -2.67. The molecule has 5 nitrogen and oxygen atoms in total. The van der Waals surface area contributed by atoms with Gasteiger partial charge in [-0.05, 0) is 0 Å². The van der Waals surface area contributed by atoms with Gasteiger partial charge in [-0.3, -0.25) is 4.90 Å². The van der Waals surface area contributed by atoms with Crippen molar-refractivity contribution in [3.8, 4) is 0 Å².